The lowest BCUT2D eigenvalue weighted by atomic mass is 9.95. The fourth-order valence-electron chi connectivity index (χ4n) is 3.62. The number of carbonyl (C=O) groups excluding carboxylic acids is 1. The molecule has 1 unspecified atom stereocenters. The third-order valence-electron chi connectivity index (χ3n) is 5.10. The van der Waals surface area contributed by atoms with Gasteiger partial charge in [0.15, 0.2) is 0 Å². The number of hydrogen-bond donors (Lipinski definition) is 1. The summed E-state index contributed by atoms with van der Waals surface area (Å²) in [6.07, 6.45) is 7.62. The normalized spacial score (nSPS) is 22.8. The van der Waals surface area contributed by atoms with Crippen LogP contribution in [-0.4, -0.2) is 42.3 Å². The molecule has 1 saturated heterocycles. The quantitative estimate of drug-likeness (QED) is 0.858. The number of likely N-dealkylation sites (tertiary alicyclic amines) is 1. The molecule has 4 heteroatoms. The van der Waals surface area contributed by atoms with E-state index < -0.39 is 5.60 Å². The lowest BCUT2D eigenvalue weighted by Crippen LogP contribution is -2.44. The van der Waals surface area contributed by atoms with E-state index in [4.69, 9.17) is 4.74 Å². The third-order valence-corrected chi connectivity index (χ3v) is 5.10. The smallest absolute Gasteiger partial charge is 0.410 e. The predicted octanol–water partition coefficient (Wildman–Crippen LogP) is 3.80. The Kier molecular flexibility index (Phi) is 6.13. The van der Waals surface area contributed by atoms with E-state index in [2.05, 4.69) is 12.2 Å². The van der Waals surface area contributed by atoms with Gasteiger partial charge in [-0.05, 0) is 71.8 Å². The van der Waals surface area contributed by atoms with Crippen LogP contribution in [0.2, 0.25) is 0 Å². The van der Waals surface area contributed by atoms with Crippen LogP contribution in [0.25, 0.3) is 0 Å². The van der Waals surface area contributed by atoms with Gasteiger partial charge in [-0.15, -0.1) is 0 Å². The Morgan fingerprint density at radius 2 is 1.77 bits per heavy atom. The number of carbonyl (C=O) groups is 1. The Morgan fingerprint density at radius 3 is 2.32 bits per heavy atom. The standard InChI is InChI=1S/C18H34N2O2/c1-14(16-7-5-6-8-16)19-13-15-9-11-20(12-10-15)17(21)22-18(2,3)4/h14-16,19H,5-13H2,1-4H3. The molecule has 1 aliphatic carbocycles. The molecule has 0 aromatic carbocycles. The molecule has 0 radical (unpaired) electrons. The van der Waals surface area contributed by atoms with Gasteiger partial charge in [0, 0.05) is 19.1 Å². The van der Waals surface area contributed by atoms with E-state index in [1.54, 1.807) is 0 Å². The maximum absolute atomic E-state index is 12.0. The predicted molar refractivity (Wildman–Crippen MR) is 90.0 cm³/mol. The molecular weight excluding hydrogens is 276 g/mol. The van der Waals surface area contributed by atoms with E-state index in [9.17, 15) is 4.79 Å². The summed E-state index contributed by atoms with van der Waals surface area (Å²) in [4.78, 5) is 13.9. The van der Waals surface area contributed by atoms with Gasteiger partial charge in [0.2, 0.25) is 0 Å². The summed E-state index contributed by atoms with van der Waals surface area (Å²) in [7, 11) is 0. The molecule has 4 nitrogen and oxygen atoms in total. The van der Waals surface area contributed by atoms with Crippen LogP contribution in [0.5, 0.6) is 0 Å². The first-order valence-corrected chi connectivity index (χ1v) is 9.06. The number of amides is 1. The molecule has 2 rings (SSSR count). The Hall–Kier alpha value is -0.770. The topological polar surface area (TPSA) is 41.6 Å². The van der Waals surface area contributed by atoms with Gasteiger partial charge < -0.3 is 15.0 Å². The van der Waals surface area contributed by atoms with E-state index in [1.807, 2.05) is 25.7 Å². The monoisotopic (exact) mass is 310 g/mol. The average molecular weight is 310 g/mol. The van der Waals surface area contributed by atoms with Crippen molar-refractivity contribution in [2.45, 2.75) is 77.9 Å². The van der Waals surface area contributed by atoms with Crippen molar-refractivity contribution in [1.82, 2.24) is 10.2 Å². The molecule has 1 saturated carbocycles. The highest BCUT2D eigenvalue weighted by Crippen LogP contribution is 2.28. The minimum Gasteiger partial charge on any atom is -0.444 e. The molecule has 0 bridgehead atoms. The molecule has 2 aliphatic rings. The highest BCUT2D eigenvalue weighted by atomic mass is 16.6. The summed E-state index contributed by atoms with van der Waals surface area (Å²) in [5.41, 5.74) is -0.397. The molecule has 1 aliphatic heterocycles. The molecule has 22 heavy (non-hydrogen) atoms. The van der Waals surface area contributed by atoms with E-state index in [1.165, 1.54) is 25.7 Å². The molecule has 0 spiro atoms. The molecule has 1 N–H and O–H groups in total. The van der Waals surface area contributed by atoms with Crippen LogP contribution < -0.4 is 5.32 Å². The van der Waals surface area contributed by atoms with Crippen LogP contribution in [0.1, 0.15) is 66.2 Å². The summed E-state index contributed by atoms with van der Waals surface area (Å²) in [5.74, 6) is 1.57. The van der Waals surface area contributed by atoms with Crippen LogP contribution in [0, 0.1) is 11.8 Å². The Morgan fingerprint density at radius 1 is 1.18 bits per heavy atom. The van der Waals surface area contributed by atoms with Crippen LogP contribution in [-0.2, 0) is 4.74 Å². The van der Waals surface area contributed by atoms with Crippen molar-refractivity contribution >= 4 is 6.09 Å². The minimum atomic E-state index is -0.397. The van der Waals surface area contributed by atoms with Crippen molar-refractivity contribution in [1.29, 1.82) is 0 Å². The average Bonchev–Trinajstić information content (AvgIpc) is 2.97. The molecular formula is C18H34N2O2. The highest BCUT2D eigenvalue weighted by molar-refractivity contribution is 5.68. The number of rotatable bonds is 4. The van der Waals surface area contributed by atoms with Crippen LogP contribution in [0.4, 0.5) is 4.79 Å². The van der Waals surface area contributed by atoms with Gasteiger partial charge >= 0.3 is 6.09 Å². The van der Waals surface area contributed by atoms with Gasteiger partial charge in [-0.2, -0.15) is 0 Å². The molecule has 0 aromatic heterocycles. The van der Waals surface area contributed by atoms with Crippen LogP contribution >= 0.6 is 0 Å². The van der Waals surface area contributed by atoms with Gasteiger partial charge in [0.1, 0.15) is 5.60 Å². The molecule has 2 fully saturated rings. The molecule has 0 aromatic rings. The first-order chi connectivity index (χ1) is 10.3. The van der Waals surface area contributed by atoms with Crippen molar-refractivity contribution in [3.63, 3.8) is 0 Å². The highest BCUT2D eigenvalue weighted by Gasteiger charge is 2.27. The van der Waals surface area contributed by atoms with Gasteiger partial charge in [-0.1, -0.05) is 12.8 Å². The van der Waals surface area contributed by atoms with Gasteiger partial charge in [-0.3, -0.25) is 0 Å². The lowest BCUT2D eigenvalue weighted by Gasteiger charge is -2.34. The zero-order valence-electron chi connectivity index (χ0n) is 14.9. The van der Waals surface area contributed by atoms with E-state index >= 15 is 0 Å². The number of piperidine rings is 1. The summed E-state index contributed by atoms with van der Waals surface area (Å²) in [6.45, 7) is 10.9. The lowest BCUT2D eigenvalue weighted by molar-refractivity contribution is 0.0183. The first kappa shape index (κ1) is 17.6. The second-order valence-electron chi connectivity index (χ2n) is 8.15. The van der Waals surface area contributed by atoms with Crippen molar-refractivity contribution in [3.8, 4) is 0 Å². The first-order valence-electron chi connectivity index (χ1n) is 9.06. The van der Waals surface area contributed by atoms with E-state index in [0.29, 0.717) is 12.0 Å². The van der Waals surface area contributed by atoms with Gasteiger partial charge in [0.25, 0.3) is 0 Å². The fourth-order valence-corrected chi connectivity index (χ4v) is 3.62. The van der Waals surface area contributed by atoms with Crippen molar-refractivity contribution in [2.75, 3.05) is 19.6 Å². The Bertz CT molecular complexity index is 351. The number of ether oxygens (including phenoxy) is 1. The second kappa shape index (κ2) is 7.67. The SMILES string of the molecule is CC(NCC1CCN(C(=O)OC(C)(C)C)CC1)C1CCCC1. The Labute approximate surface area is 136 Å². The van der Waals surface area contributed by atoms with Crippen molar-refractivity contribution in [2.24, 2.45) is 11.8 Å². The van der Waals surface area contributed by atoms with Gasteiger partial charge in [0.05, 0.1) is 0 Å². The zero-order chi connectivity index (χ0) is 16.2. The second-order valence-corrected chi connectivity index (χ2v) is 8.15. The zero-order valence-corrected chi connectivity index (χ0v) is 14.9. The summed E-state index contributed by atoms with van der Waals surface area (Å²) in [6, 6.07) is 0.645. The maximum Gasteiger partial charge on any atom is 0.410 e. The largest absolute Gasteiger partial charge is 0.444 e. The van der Waals surface area contributed by atoms with E-state index in [-0.39, 0.29) is 6.09 Å². The summed E-state index contributed by atoms with van der Waals surface area (Å²) < 4.78 is 5.45. The molecule has 1 heterocycles. The van der Waals surface area contributed by atoms with E-state index in [0.717, 1.165) is 38.4 Å². The maximum atomic E-state index is 12.0. The number of nitrogens with one attached hydrogen (secondary N) is 1. The van der Waals surface area contributed by atoms with Crippen molar-refractivity contribution < 1.29 is 9.53 Å². The number of hydrogen-bond acceptors (Lipinski definition) is 3. The summed E-state index contributed by atoms with van der Waals surface area (Å²) >= 11 is 0. The Balaban J connectivity index is 1.65. The molecule has 1 amide bonds. The fraction of sp³-hybridized carbons (Fsp3) is 0.944. The minimum absolute atomic E-state index is 0.154. The van der Waals surface area contributed by atoms with Crippen molar-refractivity contribution in [3.05, 3.63) is 0 Å². The molecule has 1 atom stereocenters. The van der Waals surface area contributed by atoms with Crippen LogP contribution in [0.3, 0.4) is 0 Å². The number of nitrogens with zero attached hydrogens (tertiary/aromatic N) is 1. The third kappa shape index (κ3) is 5.45. The van der Waals surface area contributed by atoms with Crippen LogP contribution in [0.15, 0.2) is 0 Å². The molecule has 128 valence electrons. The summed E-state index contributed by atoms with van der Waals surface area (Å²) in [5, 5.41) is 3.74. The van der Waals surface area contributed by atoms with Gasteiger partial charge in [-0.25, -0.2) is 4.79 Å².